The van der Waals surface area contributed by atoms with E-state index in [9.17, 15) is 22.0 Å². The molecule has 0 aromatic heterocycles. The van der Waals surface area contributed by atoms with Crippen LogP contribution >= 0.6 is 0 Å². The largest absolute Gasteiger partial charge is 0.399 e. The number of nitrogens with two attached hydrogens (primary N) is 1. The maximum atomic E-state index is 13.6. The maximum absolute atomic E-state index is 13.6. The van der Waals surface area contributed by atoms with E-state index in [4.69, 9.17) is 5.73 Å². The molecule has 0 amide bonds. The van der Waals surface area contributed by atoms with Crippen molar-refractivity contribution in [2.75, 3.05) is 12.0 Å². The summed E-state index contributed by atoms with van der Waals surface area (Å²) in [6.45, 7) is 0. The topological polar surface area (TPSA) is 77.2 Å². The highest BCUT2D eigenvalue weighted by molar-refractivity contribution is 7.90. The highest BCUT2D eigenvalue weighted by atomic mass is 32.2. The summed E-state index contributed by atoms with van der Waals surface area (Å²) in [6.07, 6.45) is 0.967. The summed E-state index contributed by atoms with van der Waals surface area (Å²) in [4.78, 5) is 12.1. The van der Waals surface area contributed by atoms with Gasteiger partial charge in [0.2, 0.25) is 0 Å². The fraction of sp³-hybridized carbons (Fsp3) is 0.0714. The highest BCUT2D eigenvalue weighted by Crippen LogP contribution is 2.21. The molecular weight excluding hydrogens is 300 g/mol. The standard InChI is InChI=1S/C14H11F2NO3S/c1-21(19,20)11-5-8(4-10(17)7-11)14(18)12-3-2-9(15)6-13(12)16/h2-7H,17H2,1H3. The Labute approximate surface area is 120 Å². The molecule has 110 valence electrons. The summed E-state index contributed by atoms with van der Waals surface area (Å²) in [6, 6.07) is 6.07. The molecule has 0 aliphatic rings. The van der Waals surface area contributed by atoms with E-state index in [0.717, 1.165) is 24.5 Å². The molecule has 0 fully saturated rings. The predicted octanol–water partition coefficient (Wildman–Crippen LogP) is 2.18. The number of halogens is 2. The minimum atomic E-state index is -3.57. The molecule has 2 aromatic rings. The lowest BCUT2D eigenvalue weighted by atomic mass is 10.0. The number of anilines is 1. The molecule has 21 heavy (non-hydrogen) atoms. The molecule has 0 bridgehead atoms. The molecule has 0 atom stereocenters. The molecule has 0 radical (unpaired) electrons. The van der Waals surface area contributed by atoms with Gasteiger partial charge in [0, 0.05) is 23.6 Å². The van der Waals surface area contributed by atoms with Crippen molar-refractivity contribution in [3.05, 3.63) is 59.2 Å². The van der Waals surface area contributed by atoms with Crippen molar-refractivity contribution in [2.24, 2.45) is 0 Å². The van der Waals surface area contributed by atoms with Gasteiger partial charge in [-0.2, -0.15) is 0 Å². The smallest absolute Gasteiger partial charge is 0.196 e. The van der Waals surface area contributed by atoms with Gasteiger partial charge in [-0.1, -0.05) is 0 Å². The lowest BCUT2D eigenvalue weighted by molar-refractivity contribution is 0.103. The first-order valence-corrected chi connectivity index (χ1v) is 7.68. The number of sulfone groups is 1. The van der Waals surface area contributed by atoms with Gasteiger partial charge in [-0.15, -0.1) is 0 Å². The monoisotopic (exact) mass is 311 g/mol. The Kier molecular flexibility index (Phi) is 3.78. The fourth-order valence-electron chi connectivity index (χ4n) is 1.80. The van der Waals surface area contributed by atoms with Gasteiger partial charge in [0.15, 0.2) is 15.6 Å². The second-order valence-corrected chi connectivity index (χ2v) is 6.53. The SMILES string of the molecule is CS(=O)(=O)c1cc(N)cc(C(=O)c2ccc(F)cc2F)c1. The van der Waals surface area contributed by atoms with E-state index in [1.165, 1.54) is 12.1 Å². The average molecular weight is 311 g/mol. The Morgan fingerprint density at radius 3 is 2.33 bits per heavy atom. The lowest BCUT2D eigenvalue weighted by Gasteiger charge is -2.07. The summed E-state index contributed by atoms with van der Waals surface area (Å²) in [7, 11) is -3.57. The third-order valence-corrected chi connectivity index (χ3v) is 3.89. The van der Waals surface area contributed by atoms with E-state index >= 15 is 0 Å². The van der Waals surface area contributed by atoms with E-state index in [2.05, 4.69) is 0 Å². The molecule has 0 aliphatic carbocycles. The fourth-order valence-corrected chi connectivity index (χ4v) is 2.49. The third-order valence-electron chi connectivity index (χ3n) is 2.79. The summed E-state index contributed by atoms with van der Waals surface area (Å²) < 4.78 is 49.5. The molecule has 2 aromatic carbocycles. The molecule has 0 spiro atoms. The minimum absolute atomic E-state index is 0.0591. The van der Waals surface area contributed by atoms with E-state index < -0.39 is 27.3 Å². The van der Waals surface area contributed by atoms with Crippen LogP contribution in [0.4, 0.5) is 14.5 Å². The molecule has 0 unspecified atom stereocenters. The molecule has 2 N–H and O–H groups in total. The van der Waals surface area contributed by atoms with Crippen molar-refractivity contribution in [1.82, 2.24) is 0 Å². The van der Waals surface area contributed by atoms with Gasteiger partial charge in [0.25, 0.3) is 0 Å². The quantitative estimate of drug-likeness (QED) is 0.696. The molecular formula is C14H11F2NO3S. The van der Waals surface area contributed by atoms with Crippen LogP contribution in [0.15, 0.2) is 41.3 Å². The Balaban J connectivity index is 2.56. The number of hydrogen-bond acceptors (Lipinski definition) is 4. The van der Waals surface area contributed by atoms with Crippen LogP contribution in [0.1, 0.15) is 15.9 Å². The zero-order chi connectivity index (χ0) is 15.8. The van der Waals surface area contributed by atoms with Gasteiger partial charge in [-0.3, -0.25) is 4.79 Å². The lowest BCUT2D eigenvalue weighted by Crippen LogP contribution is -2.08. The second-order valence-electron chi connectivity index (χ2n) is 4.52. The number of carbonyl (C=O) groups is 1. The van der Waals surface area contributed by atoms with Crippen LogP contribution in [0.2, 0.25) is 0 Å². The molecule has 0 saturated carbocycles. The van der Waals surface area contributed by atoms with Gasteiger partial charge in [-0.05, 0) is 30.3 Å². The Morgan fingerprint density at radius 2 is 1.76 bits per heavy atom. The highest BCUT2D eigenvalue weighted by Gasteiger charge is 2.18. The summed E-state index contributed by atoms with van der Waals surface area (Å²) in [5.74, 6) is -2.61. The molecule has 4 nitrogen and oxygen atoms in total. The van der Waals surface area contributed by atoms with Crippen LogP contribution in [0, 0.1) is 11.6 Å². The molecule has 7 heteroatoms. The van der Waals surface area contributed by atoms with Crippen molar-refractivity contribution in [1.29, 1.82) is 0 Å². The molecule has 0 heterocycles. The number of carbonyl (C=O) groups excluding carboxylic acids is 1. The number of ketones is 1. The number of hydrogen-bond donors (Lipinski definition) is 1. The van der Waals surface area contributed by atoms with Crippen LogP contribution in [-0.2, 0) is 9.84 Å². The summed E-state index contributed by atoms with van der Waals surface area (Å²) >= 11 is 0. The van der Waals surface area contributed by atoms with Crippen molar-refractivity contribution in [3.8, 4) is 0 Å². The molecule has 0 saturated heterocycles. The third kappa shape index (κ3) is 3.25. The first-order valence-electron chi connectivity index (χ1n) is 5.79. The number of rotatable bonds is 3. The van der Waals surface area contributed by atoms with Gasteiger partial charge in [0.1, 0.15) is 11.6 Å². The van der Waals surface area contributed by atoms with E-state index in [1.54, 1.807) is 0 Å². The van der Waals surface area contributed by atoms with Crippen molar-refractivity contribution in [3.63, 3.8) is 0 Å². The minimum Gasteiger partial charge on any atom is -0.399 e. The Bertz CT molecular complexity index is 832. The zero-order valence-corrected chi connectivity index (χ0v) is 11.7. The van der Waals surface area contributed by atoms with Gasteiger partial charge < -0.3 is 5.73 Å². The van der Waals surface area contributed by atoms with Gasteiger partial charge in [-0.25, -0.2) is 17.2 Å². The van der Waals surface area contributed by atoms with Gasteiger partial charge in [0.05, 0.1) is 10.5 Å². The van der Waals surface area contributed by atoms with Crippen LogP contribution < -0.4 is 5.73 Å². The number of nitrogen functional groups attached to an aromatic ring is 1. The van der Waals surface area contributed by atoms with Crippen molar-refractivity contribution < 1.29 is 22.0 Å². The zero-order valence-electron chi connectivity index (χ0n) is 10.9. The second kappa shape index (κ2) is 5.25. The summed E-state index contributed by atoms with van der Waals surface area (Å²) in [5, 5.41) is 0. The van der Waals surface area contributed by atoms with Crippen LogP contribution in [0.3, 0.4) is 0 Å². The van der Waals surface area contributed by atoms with Gasteiger partial charge >= 0.3 is 0 Å². The van der Waals surface area contributed by atoms with E-state index in [-0.39, 0.29) is 21.7 Å². The van der Waals surface area contributed by atoms with Crippen LogP contribution in [0.5, 0.6) is 0 Å². The van der Waals surface area contributed by atoms with E-state index in [0.29, 0.717) is 6.07 Å². The molecule has 2 rings (SSSR count). The van der Waals surface area contributed by atoms with Crippen LogP contribution in [-0.4, -0.2) is 20.5 Å². The Morgan fingerprint density at radius 1 is 1.10 bits per heavy atom. The van der Waals surface area contributed by atoms with Crippen molar-refractivity contribution in [2.45, 2.75) is 4.90 Å². The van der Waals surface area contributed by atoms with E-state index in [1.807, 2.05) is 0 Å². The Hall–Kier alpha value is -2.28. The first-order chi connectivity index (χ1) is 9.68. The van der Waals surface area contributed by atoms with Crippen molar-refractivity contribution >= 4 is 21.3 Å². The predicted molar refractivity (Wildman–Crippen MR) is 73.8 cm³/mol. The normalized spacial score (nSPS) is 11.4. The number of benzene rings is 2. The first kappa shape index (κ1) is 15.1. The summed E-state index contributed by atoms with van der Waals surface area (Å²) in [5.41, 5.74) is 5.18. The molecule has 0 aliphatic heterocycles. The maximum Gasteiger partial charge on any atom is 0.196 e. The van der Waals surface area contributed by atoms with Crippen LogP contribution in [0.25, 0.3) is 0 Å². The average Bonchev–Trinajstić information content (AvgIpc) is 2.36.